The summed E-state index contributed by atoms with van der Waals surface area (Å²) in [6.07, 6.45) is -3.03. The molecule has 3 N–H and O–H groups in total. The molecule has 0 aliphatic carbocycles. The molecule has 1 unspecified atom stereocenters. The highest BCUT2D eigenvalue weighted by Gasteiger charge is 2.34. The average molecular weight is 608 g/mol. The molecule has 0 spiro atoms. The second kappa shape index (κ2) is 15.6. The van der Waals surface area contributed by atoms with Crippen LogP contribution < -0.4 is 10.5 Å². The summed E-state index contributed by atoms with van der Waals surface area (Å²) >= 11 is 6.32. The Labute approximate surface area is 256 Å². The van der Waals surface area contributed by atoms with Gasteiger partial charge in [0.2, 0.25) is 0 Å². The van der Waals surface area contributed by atoms with E-state index in [-0.39, 0.29) is 17.5 Å². The topological polar surface area (TPSA) is 74.7 Å². The van der Waals surface area contributed by atoms with Gasteiger partial charge in [0, 0.05) is 25.6 Å². The molecular weight excluding hydrogens is 573 g/mol. The van der Waals surface area contributed by atoms with Crippen LogP contribution in [-0.4, -0.2) is 37.1 Å². The number of ether oxygens (including phenoxy) is 1. The highest BCUT2D eigenvalue weighted by Crippen LogP contribution is 2.37. The van der Waals surface area contributed by atoms with E-state index in [0.717, 1.165) is 29.1 Å². The van der Waals surface area contributed by atoms with Crippen molar-refractivity contribution in [3.05, 3.63) is 142 Å². The van der Waals surface area contributed by atoms with Crippen LogP contribution in [0.5, 0.6) is 5.75 Å². The Kier molecular flexibility index (Phi) is 11.6. The molecule has 0 aliphatic heterocycles. The summed E-state index contributed by atoms with van der Waals surface area (Å²) < 4.78 is 46.9. The van der Waals surface area contributed by atoms with Gasteiger partial charge >= 0.3 is 6.18 Å². The van der Waals surface area contributed by atoms with Gasteiger partial charge in [0.1, 0.15) is 5.75 Å². The number of benzene rings is 4. The van der Waals surface area contributed by atoms with Gasteiger partial charge < -0.3 is 16.2 Å². The van der Waals surface area contributed by atoms with E-state index in [0.29, 0.717) is 43.9 Å². The first-order valence-electron chi connectivity index (χ1n) is 14.1. The summed E-state index contributed by atoms with van der Waals surface area (Å²) in [4.78, 5) is 6.01. The molecule has 4 rings (SSSR count). The summed E-state index contributed by atoms with van der Waals surface area (Å²) in [7, 11) is 0. The maximum atomic E-state index is 13.6. The minimum absolute atomic E-state index is 0.00132. The number of halogens is 4. The van der Waals surface area contributed by atoms with Crippen molar-refractivity contribution < 1.29 is 17.9 Å². The van der Waals surface area contributed by atoms with Gasteiger partial charge in [0.05, 0.1) is 23.5 Å². The van der Waals surface area contributed by atoms with Crippen LogP contribution in [0.4, 0.5) is 13.2 Å². The quantitative estimate of drug-likeness (QED) is 0.0889. The number of nitrogens with zero attached hydrogens (tertiary/aromatic N) is 2. The molecule has 226 valence electrons. The molecule has 1 atom stereocenters. The Balaban J connectivity index is 1.52. The molecule has 0 amide bonds. The van der Waals surface area contributed by atoms with Crippen LogP contribution in [-0.2, 0) is 19.1 Å². The fourth-order valence-electron chi connectivity index (χ4n) is 5.05. The number of nitrogens with two attached hydrogens (primary N) is 1. The number of alkyl halides is 3. The molecule has 9 heteroatoms. The highest BCUT2D eigenvalue weighted by atomic mass is 35.5. The van der Waals surface area contributed by atoms with Crippen LogP contribution >= 0.6 is 11.6 Å². The molecule has 0 aliphatic rings. The normalized spacial score (nSPS) is 12.7. The Morgan fingerprint density at radius 1 is 0.907 bits per heavy atom. The Hall–Kier alpha value is -3.85. The Bertz CT molecular complexity index is 1410. The molecule has 0 bridgehead atoms. The monoisotopic (exact) mass is 607 g/mol. The van der Waals surface area contributed by atoms with Crippen molar-refractivity contribution in [2.75, 3.05) is 19.7 Å². The summed E-state index contributed by atoms with van der Waals surface area (Å²) in [5.74, 6) is 0.680. The number of rotatable bonds is 14. The SMILES string of the molecule is [NH-]C(Cc1cccc(OCCCN(Cc2cccc(C(F)(F)F)c2Cl)CC(c2ccccc2)c2ccccc2)c1)N=CN. The lowest BCUT2D eigenvalue weighted by atomic mass is 9.90. The summed E-state index contributed by atoms with van der Waals surface area (Å²) in [5.41, 5.74) is 16.0. The van der Waals surface area contributed by atoms with E-state index in [2.05, 4.69) is 34.2 Å². The van der Waals surface area contributed by atoms with E-state index >= 15 is 0 Å². The van der Waals surface area contributed by atoms with Gasteiger partial charge in [-0.05, 0) is 59.5 Å². The van der Waals surface area contributed by atoms with Crippen LogP contribution in [0.25, 0.3) is 5.73 Å². The van der Waals surface area contributed by atoms with Crippen molar-refractivity contribution in [3.8, 4) is 5.75 Å². The Morgan fingerprint density at radius 2 is 1.56 bits per heavy atom. The van der Waals surface area contributed by atoms with Crippen molar-refractivity contribution in [1.82, 2.24) is 4.90 Å². The predicted octanol–water partition coefficient (Wildman–Crippen LogP) is 8.37. The number of nitrogens with one attached hydrogen (secondary N) is 1. The molecular formula is C34H35ClF3N4O-. The summed E-state index contributed by atoms with van der Waals surface area (Å²) in [6.45, 7) is 1.80. The second-order valence-corrected chi connectivity index (χ2v) is 10.6. The lowest BCUT2D eigenvalue weighted by molar-refractivity contribution is -0.137. The summed E-state index contributed by atoms with van der Waals surface area (Å²) in [6, 6.07) is 31.8. The predicted molar refractivity (Wildman–Crippen MR) is 168 cm³/mol. The van der Waals surface area contributed by atoms with Gasteiger partial charge in [-0.25, -0.2) is 0 Å². The maximum absolute atomic E-state index is 13.6. The number of hydrogen-bond donors (Lipinski definition) is 1. The van der Waals surface area contributed by atoms with Crippen molar-refractivity contribution in [1.29, 1.82) is 0 Å². The average Bonchev–Trinajstić information content (AvgIpc) is 2.99. The van der Waals surface area contributed by atoms with Crippen LogP contribution in [0.1, 0.15) is 40.2 Å². The second-order valence-electron chi connectivity index (χ2n) is 10.3. The van der Waals surface area contributed by atoms with Crippen molar-refractivity contribution in [3.63, 3.8) is 0 Å². The smallest absolute Gasteiger partial charge is 0.417 e. The molecule has 0 fully saturated rings. The van der Waals surface area contributed by atoms with Crippen molar-refractivity contribution in [2.45, 2.75) is 37.6 Å². The third-order valence-corrected chi connectivity index (χ3v) is 7.55. The molecule has 5 nitrogen and oxygen atoms in total. The maximum Gasteiger partial charge on any atom is 0.417 e. The van der Waals surface area contributed by atoms with Crippen LogP contribution in [0, 0.1) is 0 Å². The summed E-state index contributed by atoms with van der Waals surface area (Å²) in [5, 5.41) is -0.268. The first-order valence-corrected chi connectivity index (χ1v) is 14.5. The first kappa shape index (κ1) is 32.1. The molecule has 43 heavy (non-hydrogen) atoms. The van der Waals surface area contributed by atoms with Gasteiger partial charge in [-0.1, -0.05) is 96.5 Å². The van der Waals surface area contributed by atoms with Gasteiger partial charge in [-0.2, -0.15) is 13.2 Å². The van der Waals surface area contributed by atoms with E-state index in [4.69, 9.17) is 27.8 Å². The lowest BCUT2D eigenvalue weighted by Crippen LogP contribution is -2.31. The standard InChI is InChI=1S/C34H35ClF3N4O/c35-33-28(15-8-17-31(33)34(36,37)38)22-42(23-30(26-11-3-1-4-12-26)27-13-5-2-6-14-27)18-9-19-43-29-16-7-10-25(20-29)21-32(40)41-24-39/h1-8,10-17,20,24,30,32,40H,9,18-19,21-23H2,(H2,39,41)/q-1. The van der Waals surface area contributed by atoms with Crippen LogP contribution in [0.2, 0.25) is 5.02 Å². The van der Waals surface area contributed by atoms with Crippen molar-refractivity contribution in [2.24, 2.45) is 10.7 Å². The third-order valence-electron chi connectivity index (χ3n) is 7.10. The molecule has 0 radical (unpaired) electrons. The molecule has 0 saturated carbocycles. The largest absolute Gasteiger partial charge is 0.655 e. The molecule has 4 aromatic rings. The molecule has 0 aromatic heterocycles. The van der Waals surface area contributed by atoms with Gasteiger partial charge in [-0.15, -0.1) is 0 Å². The Morgan fingerprint density at radius 3 is 2.19 bits per heavy atom. The van der Waals surface area contributed by atoms with E-state index in [9.17, 15) is 13.2 Å². The minimum Gasteiger partial charge on any atom is -0.655 e. The molecule has 0 heterocycles. The lowest BCUT2D eigenvalue weighted by Gasteiger charge is -2.29. The van der Waals surface area contributed by atoms with E-state index < -0.39 is 17.9 Å². The van der Waals surface area contributed by atoms with Gasteiger partial charge in [0.25, 0.3) is 0 Å². The fourth-order valence-corrected chi connectivity index (χ4v) is 5.34. The first-order chi connectivity index (χ1) is 20.7. The van der Waals surface area contributed by atoms with Crippen LogP contribution in [0.3, 0.4) is 0 Å². The van der Waals surface area contributed by atoms with Gasteiger partial charge in [0.15, 0.2) is 0 Å². The highest BCUT2D eigenvalue weighted by molar-refractivity contribution is 6.32. The number of hydrogen-bond acceptors (Lipinski definition) is 3. The van der Waals surface area contributed by atoms with E-state index in [1.165, 1.54) is 6.07 Å². The number of aliphatic imine (C=N–C) groups is 1. The van der Waals surface area contributed by atoms with E-state index in [1.54, 1.807) is 6.07 Å². The van der Waals surface area contributed by atoms with Gasteiger partial charge in [-0.3, -0.25) is 9.89 Å². The fraction of sp³-hybridized carbons (Fsp3) is 0.265. The van der Waals surface area contributed by atoms with E-state index in [1.807, 2.05) is 60.7 Å². The zero-order valence-corrected chi connectivity index (χ0v) is 24.4. The molecule has 0 saturated heterocycles. The zero-order chi connectivity index (χ0) is 30.7. The molecule has 4 aromatic carbocycles. The third kappa shape index (κ3) is 9.58. The minimum atomic E-state index is -4.53. The zero-order valence-electron chi connectivity index (χ0n) is 23.7. The van der Waals surface area contributed by atoms with Crippen molar-refractivity contribution >= 4 is 17.9 Å². The van der Waals surface area contributed by atoms with Crippen LogP contribution in [0.15, 0.2) is 108 Å².